The second kappa shape index (κ2) is 6.34. The minimum atomic E-state index is -0.229. The zero-order chi connectivity index (χ0) is 12.8. The number of aryl methyl sites for hydroxylation is 1. The van der Waals surface area contributed by atoms with Gasteiger partial charge in [-0.25, -0.2) is 4.79 Å². The van der Waals surface area contributed by atoms with Gasteiger partial charge in [0.1, 0.15) is 5.71 Å². The average molecular weight is 245 g/mol. The minimum absolute atomic E-state index is 0.229. The summed E-state index contributed by atoms with van der Waals surface area (Å²) in [7, 11) is 0. The molecule has 3 heteroatoms. The summed E-state index contributed by atoms with van der Waals surface area (Å²) in [6, 6.07) is 10.5. The van der Waals surface area contributed by atoms with Crippen LogP contribution in [0.4, 0.5) is 0 Å². The van der Waals surface area contributed by atoms with E-state index >= 15 is 0 Å². The summed E-state index contributed by atoms with van der Waals surface area (Å²) >= 11 is 0. The molecule has 18 heavy (non-hydrogen) atoms. The van der Waals surface area contributed by atoms with Gasteiger partial charge in [-0.05, 0) is 38.2 Å². The smallest absolute Gasteiger partial charge is 0.352 e. The molecule has 1 atom stereocenters. The first kappa shape index (κ1) is 12.8. The van der Waals surface area contributed by atoms with Gasteiger partial charge in [0.2, 0.25) is 0 Å². The Labute approximate surface area is 108 Å². The van der Waals surface area contributed by atoms with Crippen molar-refractivity contribution in [2.75, 3.05) is 6.61 Å². The highest BCUT2D eigenvalue weighted by Gasteiger charge is 2.20. The molecular formula is C15H19NO2. The van der Waals surface area contributed by atoms with E-state index in [0.717, 1.165) is 25.7 Å². The average Bonchev–Trinajstić information content (AvgIpc) is 2.82. The fourth-order valence-corrected chi connectivity index (χ4v) is 2.06. The van der Waals surface area contributed by atoms with Gasteiger partial charge in [-0.3, -0.25) is 4.99 Å². The molecule has 0 radical (unpaired) electrons. The molecule has 0 fully saturated rings. The fourth-order valence-electron chi connectivity index (χ4n) is 2.06. The second-order valence-electron chi connectivity index (χ2n) is 4.69. The van der Waals surface area contributed by atoms with Crippen molar-refractivity contribution in [3.63, 3.8) is 0 Å². The molecule has 3 nitrogen and oxygen atoms in total. The Kier molecular flexibility index (Phi) is 4.51. The summed E-state index contributed by atoms with van der Waals surface area (Å²) in [4.78, 5) is 15.9. The molecule has 0 spiro atoms. The van der Waals surface area contributed by atoms with E-state index in [4.69, 9.17) is 4.74 Å². The van der Waals surface area contributed by atoms with Crippen LogP contribution in [0.1, 0.15) is 31.7 Å². The summed E-state index contributed by atoms with van der Waals surface area (Å²) < 4.78 is 5.23. The van der Waals surface area contributed by atoms with Gasteiger partial charge < -0.3 is 4.74 Å². The zero-order valence-corrected chi connectivity index (χ0v) is 10.8. The summed E-state index contributed by atoms with van der Waals surface area (Å²) in [6.45, 7) is 2.50. The van der Waals surface area contributed by atoms with Gasteiger partial charge in [0.15, 0.2) is 0 Å². The highest BCUT2D eigenvalue weighted by Crippen LogP contribution is 2.13. The number of carbonyl (C=O) groups excluding carboxylic acids is 1. The van der Waals surface area contributed by atoms with E-state index in [1.807, 2.05) is 25.1 Å². The Bertz CT molecular complexity index is 425. The van der Waals surface area contributed by atoms with Crippen LogP contribution in [-0.2, 0) is 16.0 Å². The Balaban J connectivity index is 1.67. The van der Waals surface area contributed by atoms with Gasteiger partial charge in [0.25, 0.3) is 0 Å². The van der Waals surface area contributed by atoms with Gasteiger partial charge in [0.05, 0.1) is 6.61 Å². The van der Waals surface area contributed by atoms with Crippen LogP contribution in [0.3, 0.4) is 0 Å². The molecular weight excluding hydrogens is 226 g/mol. The molecule has 1 aromatic rings. The highest BCUT2D eigenvalue weighted by atomic mass is 16.5. The number of ether oxygens (including phenoxy) is 1. The Morgan fingerprint density at radius 2 is 2.17 bits per heavy atom. The van der Waals surface area contributed by atoms with E-state index in [1.165, 1.54) is 5.56 Å². The third-order valence-electron chi connectivity index (χ3n) is 3.10. The topological polar surface area (TPSA) is 38.7 Å². The maximum Gasteiger partial charge on any atom is 0.352 e. The van der Waals surface area contributed by atoms with Crippen LogP contribution in [0.25, 0.3) is 0 Å². The predicted molar refractivity (Wildman–Crippen MR) is 71.9 cm³/mol. The van der Waals surface area contributed by atoms with Gasteiger partial charge in [-0.2, -0.15) is 0 Å². The Hall–Kier alpha value is -1.64. The number of hydrogen-bond acceptors (Lipinski definition) is 3. The molecule has 0 aromatic heterocycles. The van der Waals surface area contributed by atoms with Crippen molar-refractivity contribution in [1.29, 1.82) is 0 Å². The van der Waals surface area contributed by atoms with Gasteiger partial charge in [-0.1, -0.05) is 30.3 Å². The number of esters is 1. The molecule has 1 aromatic carbocycles. The van der Waals surface area contributed by atoms with Crippen molar-refractivity contribution >= 4 is 11.7 Å². The summed E-state index contributed by atoms with van der Waals surface area (Å²) in [6.07, 6.45) is 3.53. The molecule has 2 rings (SSSR count). The van der Waals surface area contributed by atoms with Crippen LogP contribution >= 0.6 is 0 Å². The van der Waals surface area contributed by atoms with Crippen molar-refractivity contribution in [1.82, 2.24) is 0 Å². The van der Waals surface area contributed by atoms with Crippen molar-refractivity contribution in [2.24, 2.45) is 4.99 Å². The molecule has 1 unspecified atom stereocenters. The Morgan fingerprint density at radius 3 is 2.83 bits per heavy atom. The molecule has 1 heterocycles. The largest absolute Gasteiger partial charge is 0.461 e. The molecule has 0 saturated carbocycles. The number of nitrogens with zero attached hydrogens (tertiary/aromatic N) is 1. The van der Waals surface area contributed by atoms with Crippen LogP contribution in [0.5, 0.6) is 0 Å². The van der Waals surface area contributed by atoms with Crippen molar-refractivity contribution in [3.05, 3.63) is 35.9 Å². The first-order valence-electron chi connectivity index (χ1n) is 6.53. The monoisotopic (exact) mass is 245 g/mol. The maximum absolute atomic E-state index is 11.6. The highest BCUT2D eigenvalue weighted by molar-refractivity contribution is 6.36. The van der Waals surface area contributed by atoms with E-state index in [0.29, 0.717) is 12.3 Å². The van der Waals surface area contributed by atoms with Crippen LogP contribution < -0.4 is 0 Å². The third kappa shape index (κ3) is 3.69. The van der Waals surface area contributed by atoms with Crippen molar-refractivity contribution < 1.29 is 9.53 Å². The Morgan fingerprint density at radius 1 is 1.39 bits per heavy atom. The van der Waals surface area contributed by atoms with Gasteiger partial charge in [0, 0.05) is 6.04 Å². The first-order chi connectivity index (χ1) is 8.75. The van der Waals surface area contributed by atoms with E-state index in [9.17, 15) is 4.79 Å². The van der Waals surface area contributed by atoms with E-state index < -0.39 is 0 Å². The second-order valence-corrected chi connectivity index (χ2v) is 4.69. The number of rotatable bonds is 5. The minimum Gasteiger partial charge on any atom is -0.461 e. The molecule has 96 valence electrons. The quantitative estimate of drug-likeness (QED) is 0.591. The van der Waals surface area contributed by atoms with Crippen molar-refractivity contribution in [2.45, 2.75) is 38.6 Å². The normalized spacial score (nSPS) is 18.5. The SMILES string of the molecule is CC1CCC(C(=O)OCCCc2ccccc2)=N1. The lowest BCUT2D eigenvalue weighted by Crippen LogP contribution is -2.16. The van der Waals surface area contributed by atoms with E-state index in [-0.39, 0.29) is 12.0 Å². The van der Waals surface area contributed by atoms with Crippen LogP contribution in [-0.4, -0.2) is 24.3 Å². The lowest BCUT2D eigenvalue weighted by molar-refractivity contribution is -0.135. The summed E-state index contributed by atoms with van der Waals surface area (Å²) in [5.74, 6) is -0.229. The van der Waals surface area contributed by atoms with Crippen LogP contribution in [0.2, 0.25) is 0 Å². The summed E-state index contributed by atoms with van der Waals surface area (Å²) in [5, 5.41) is 0. The molecule has 1 aliphatic heterocycles. The molecule has 0 aliphatic carbocycles. The van der Waals surface area contributed by atoms with E-state index in [2.05, 4.69) is 17.1 Å². The zero-order valence-electron chi connectivity index (χ0n) is 10.8. The van der Waals surface area contributed by atoms with E-state index in [1.54, 1.807) is 0 Å². The molecule has 0 amide bonds. The number of hydrogen-bond donors (Lipinski definition) is 0. The molecule has 0 saturated heterocycles. The van der Waals surface area contributed by atoms with Crippen molar-refractivity contribution in [3.8, 4) is 0 Å². The third-order valence-corrected chi connectivity index (χ3v) is 3.10. The van der Waals surface area contributed by atoms with Gasteiger partial charge in [-0.15, -0.1) is 0 Å². The van der Waals surface area contributed by atoms with Crippen LogP contribution in [0.15, 0.2) is 35.3 Å². The number of carbonyl (C=O) groups is 1. The first-order valence-corrected chi connectivity index (χ1v) is 6.53. The maximum atomic E-state index is 11.6. The molecule has 1 aliphatic rings. The molecule has 0 N–H and O–H groups in total. The van der Waals surface area contributed by atoms with Crippen LogP contribution in [0, 0.1) is 0 Å². The number of aliphatic imine (C=N–C) groups is 1. The standard InChI is InChI=1S/C15H19NO2/c1-12-9-10-14(16-12)15(17)18-11-5-8-13-6-3-2-4-7-13/h2-4,6-7,12H,5,8-11H2,1H3. The lowest BCUT2D eigenvalue weighted by atomic mass is 10.1. The van der Waals surface area contributed by atoms with Gasteiger partial charge >= 0.3 is 5.97 Å². The fraction of sp³-hybridized carbons (Fsp3) is 0.467. The predicted octanol–water partition coefficient (Wildman–Crippen LogP) is 2.79. The summed E-state index contributed by atoms with van der Waals surface area (Å²) in [5.41, 5.74) is 1.89. The lowest BCUT2D eigenvalue weighted by Gasteiger charge is -2.04. The molecule has 0 bridgehead atoms. The number of benzene rings is 1.